The predicted octanol–water partition coefficient (Wildman–Crippen LogP) is 2.66. The quantitative estimate of drug-likeness (QED) is 0.313. The summed E-state index contributed by atoms with van der Waals surface area (Å²) in [6, 6.07) is 24.0. The number of nitrogens with zero attached hydrogens (tertiary/aromatic N) is 2. The molecular weight excluding hydrogens is 442 g/mol. The van der Waals surface area contributed by atoms with Crippen LogP contribution in [0.15, 0.2) is 94.9 Å². The van der Waals surface area contributed by atoms with Gasteiger partial charge < -0.3 is 4.74 Å². The van der Waals surface area contributed by atoms with E-state index in [0.29, 0.717) is 5.71 Å². The van der Waals surface area contributed by atoms with Crippen molar-refractivity contribution in [3.63, 3.8) is 0 Å². The van der Waals surface area contributed by atoms with Crippen LogP contribution in [0.3, 0.4) is 0 Å². The molecule has 8 nitrogen and oxygen atoms in total. The number of hydrogen-bond donors (Lipinski definition) is 1. The summed E-state index contributed by atoms with van der Waals surface area (Å²) in [7, 11) is -0.772. The van der Waals surface area contributed by atoms with Crippen molar-refractivity contribution in [2.75, 3.05) is 20.7 Å². The van der Waals surface area contributed by atoms with E-state index >= 15 is 0 Å². The SMILES string of the molecule is CN(C)S(=O)(=O)c1ccc(C(=O)OCC(=O)NN=C(c2ccccc2)c2ccccc2)cc1. The first kappa shape index (κ1) is 23.8. The summed E-state index contributed by atoms with van der Waals surface area (Å²) in [5.74, 6) is -1.37. The number of carbonyl (C=O) groups excluding carboxylic acids is 2. The second-order valence-corrected chi connectivity index (χ2v) is 9.27. The van der Waals surface area contributed by atoms with E-state index in [1.165, 1.54) is 38.4 Å². The van der Waals surface area contributed by atoms with Crippen molar-refractivity contribution >= 4 is 27.6 Å². The van der Waals surface area contributed by atoms with Crippen LogP contribution in [0.2, 0.25) is 0 Å². The molecule has 1 amide bonds. The minimum absolute atomic E-state index is 0.0467. The summed E-state index contributed by atoms with van der Waals surface area (Å²) in [5, 5.41) is 4.22. The molecule has 1 N–H and O–H groups in total. The summed E-state index contributed by atoms with van der Waals surface area (Å²) in [6.45, 7) is -0.545. The molecular formula is C24H23N3O5S. The van der Waals surface area contributed by atoms with Crippen molar-refractivity contribution in [2.45, 2.75) is 4.90 Å². The number of carbonyl (C=O) groups is 2. The minimum Gasteiger partial charge on any atom is -0.452 e. The first-order valence-electron chi connectivity index (χ1n) is 9.96. The predicted molar refractivity (Wildman–Crippen MR) is 124 cm³/mol. The van der Waals surface area contributed by atoms with E-state index in [1.54, 1.807) is 0 Å². The van der Waals surface area contributed by atoms with Crippen LogP contribution < -0.4 is 5.43 Å². The van der Waals surface area contributed by atoms with Gasteiger partial charge in [-0.2, -0.15) is 5.10 Å². The maximum atomic E-state index is 12.2. The van der Waals surface area contributed by atoms with E-state index in [9.17, 15) is 18.0 Å². The number of ether oxygens (including phenoxy) is 1. The monoisotopic (exact) mass is 465 g/mol. The molecule has 0 aliphatic heterocycles. The molecule has 0 unspecified atom stereocenters. The number of hydrogen-bond acceptors (Lipinski definition) is 6. The summed E-state index contributed by atoms with van der Waals surface area (Å²) in [5.41, 5.74) is 4.73. The molecule has 0 radical (unpaired) electrons. The van der Waals surface area contributed by atoms with E-state index in [1.807, 2.05) is 60.7 Å². The van der Waals surface area contributed by atoms with Gasteiger partial charge >= 0.3 is 5.97 Å². The van der Waals surface area contributed by atoms with Gasteiger partial charge in [0.2, 0.25) is 10.0 Å². The standard InChI is InChI=1S/C24H23N3O5S/c1-27(2)33(30,31)21-15-13-20(14-16-21)24(29)32-17-22(28)25-26-23(18-9-5-3-6-10-18)19-11-7-4-8-12-19/h3-16H,17H2,1-2H3,(H,25,28). The molecule has 0 atom stereocenters. The summed E-state index contributed by atoms with van der Waals surface area (Å²) >= 11 is 0. The maximum absolute atomic E-state index is 12.2. The van der Waals surface area contributed by atoms with Crippen molar-refractivity contribution in [3.05, 3.63) is 102 Å². The first-order chi connectivity index (χ1) is 15.8. The number of rotatable bonds is 8. The van der Waals surface area contributed by atoms with Crippen LogP contribution >= 0.6 is 0 Å². The average molecular weight is 466 g/mol. The van der Waals surface area contributed by atoms with Gasteiger partial charge in [0.25, 0.3) is 5.91 Å². The van der Waals surface area contributed by atoms with Gasteiger partial charge in [-0.3, -0.25) is 4.79 Å². The zero-order valence-electron chi connectivity index (χ0n) is 18.1. The highest BCUT2D eigenvalue weighted by Crippen LogP contribution is 2.14. The van der Waals surface area contributed by atoms with Gasteiger partial charge in [-0.1, -0.05) is 60.7 Å². The Labute approximate surface area is 192 Å². The third-order valence-corrected chi connectivity index (χ3v) is 6.42. The second-order valence-electron chi connectivity index (χ2n) is 7.12. The number of hydrazone groups is 1. The Bertz CT molecular complexity index is 1200. The zero-order valence-corrected chi connectivity index (χ0v) is 19.0. The van der Waals surface area contributed by atoms with Gasteiger partial charge in [-0.25, -0.2) is 22.9 Å². The van der Waals surface area contributed by atoms with E-state index < -0.39 is 28.5 Å². The minimum atomic E-state index is -3.60. The lowest BCUT2D eigenvalue weighted by molar-refractivity contribution is -0.124. The third kappa shape index (κ3) is 6.12. The second kappa shape index (κ2) is 10.7. The fourth-order valence-corrected chi connectivity index (χ4v) is 3.73. The molecule has 33 heavy (non-hydrogen) atoms. The molecule has 3 aromatic carbocycles. The number of sulfonamides is 1. The number of benzene rings is 3. The fourth-order valence-electron chi connectivity index (χ4n) is 2.83. The smallest absolute Gasteiger partial charge is 0.338 e. The molecule has 3 aromatic rings. The van der Waals surface area contributed by atoms with Gasteiger partial charge in [-0.05, 0) is 24.3 Å². The molecule has 170 valence electrons. The zero-order chi connectivity index (χ0) is 23.8. The topological polar surface area (TPSA) is 105 Å². The summed E-state index contributed by atoms with van der Waals surface area (Å²) in [4.78, 5) is 24.5. The summed E-state index contributed by atoms with van der Waals surface area (Å²) in [6.07, 6.45) is 0. The molecule has 0 spiro atoms. The summed E-state index contributed by atoms with van der Waals surface area (Å²) < 4.78 is 30.3. The van der Waals surface area contributed by atoms with Crippen LogP contribution in [0.4, 0.5) is 0 Å². The Morgan fingerprint density at radius 3 is 1.82 bits per heavy atom. The molecule has 0 heterocycles. The third-order valence-electron chi connectivity index (χ3n) is 4.59. The van der Waals surface area contributed by atoms with E-state index in [-0.39, 0.29) is 10.5 Å². The van der Waals surface area contributed by atoms with Crippen LogP contribution in [0.25, 0.3) is 0 Å². The molecule has 0 fully saturated rings. The Hall–Kier alpha value is -3.82. The number of amides is 1. The molecule has 9 heteroatoms. The highest BCUT2D eigenvalue weighted by molar-refractivity contribution is 7.89. The number of esters is 1. The van der Waals surface area contributed by atoms with Crippen molar-refractivity contribution in [3.8, 4) is 0 Å². The molecule has 3 rings (SSSR count). The largest absolute Gasteiger partial charge is 0.452 e. The van der Waals surface area contributed by atoms with Gasteiger partial charge in [-0.15, -0.1) is 0 Å². The molecule has 0 bridgehead atoms. The highest BCUT2D eigenvalue weighted by atomic mass is 32.2. The maximum Gasteiger partial charge on any atom is 0.338 e. The Morgan fingerprint density at radius 1 is 0.818 bits per heavy atom. The average Bonchev–Trinajstić information content (AvgIpc) is 2.84. The van der Waals surface area contributed by atoms with Crippen LogP contribution in [-0.2, 0) is 19.6 Å². The lowest BCUT2D eigenvalue weighted by Crippen LogP contribution is -2.26. The van der Waals surface area contributed by atoms with Gasteiger partial charge in [0.1, 0.15) is 0 Å². The van der Waals surface area contributed by atoms with Crippen molar-refractivity contribution < 1.29 is 22.7 Å². The van der Waals surface area contributed by atoms with Crippen LogP contribution in [0, 0.1) is 0 Å². The van der Waals surface area contributed by atoms with Crippen molar-refractivity contribution in [1.82, 2.24) is 9.73 Å². The fraction of sp³-hybridized carbons (Fsp3) is 0.125. The van der Waals surface area contributed by atoms with Gasteiger partial charge in [0.15, 0.2) is 6.61 Å². The number of nitrogens with one attached hydrogen (secondary N) is 1. The molecule has 0 aromatic heterocycles. The lowest BCUT2D eigenvalue weighted by atomic mass is 10.0. The van der Waals surface area contributed by atoms with Crippen LogP contribution in [-0.4, -0.2) is 51.0 Å². The van der Waals surface area contributed by atoms with Crippen LogP contribution in [0.1, 0.15) is 21.5 Å². The van der Waals surface area contributed by atoms with E-state index in [0.717, 1.165) is 15.4 Å². The first-order valence-corrected chi connectivity index (χ1v) is 11.4. The Kier molecular flexibility index (Phi) is 7.70. The van der Waals surface area contributed by atoms with Crippen LogP contribution in [0.5, 0.6) is 0 Å². The lowest BCUT2D eigenvalue weighted by Gasteiger charge is -2.11. The molecule has 0 aliphatic carbocycles. The molecule has 0 aliphatic rings. The normalized spacial score (nSPS) is 11.0. The van der Waals surface area contributed by atoms with Crippen molar-refractivity contribution in [2.24, 2.45) is 5.10 Å². The van der Waals surface area contributed by atoms with Crippen molar-refractivity contribution in [1.29, 1.82) is 0 Å². The Morgan fingerprint density at radius 2 is 1.33 bits per heavy atom. The molecule has 0 saturated carbocycles. The molecule has 0 saturated heterocycles. The van der Waals surface area contributed by atoms with Gasteiger partial charge in [0.05, 0.1) is 16.2 Å². The highest BCUT2D eigenvalue weighted by Gasteiger charge is 2.18. The van der Waals surface area contributed by atoms with E-state index in [2.05, 4.69) is 10.5 Å². The Balaban J connectivity index is 1.64. The van der Waals surface area contributed by atoms with E-state index in [4.69, 9.17) is 4.74 Å². The van der Waals surface area contributed by atoms with Gasteiger partial charge in [0, 0.05) is 25.2 Å².